The van der Waals surface area contributed by atoms with Gasteiger partial charge in [0.2, 0.25) is 5.88 Å². The Morgan fingerprint density at radius 2 is 2.22 bits per heavy atom. The number of ether oxygens (including phenoxy) is 1. The number of amides is 1. The van der Waals surface area contributed by atoms with E-state index < -0.39 is 11.7 Å². The van der Waals surface area contributed by atoms with Gasteiger partial charge in [0, 0.05) is 17.3 Å². The molecule has 6 nitrogen and oxygen atoms in total. The number of halogens is 1. The molecule has 8 heteroatoms. The van der Waals surface area contributed by atoms with Crippen LogP contribution < -0.4 is 10.2 Å². The van der Waals surface area contributed by atoms with Gasteiger partial charge in [0.05, 0.1) is 6.21 Å². The molecule has 0 atom stereocenters. The Morgan fingerprint density at radius 3 is 2.96 bits per heavy atom. The predicted molar refractivity (Wildman–Crippen MR) is 86.2 cm³/mol. The quantitative estimate of drug-likeness (QED) is 0.379. The standard InChI is InChI=1S/C15H15FN4O2S/c1-10-7-14(19-15(18-10)23-2)22-9-13(21)20-17-8-11-5-3-4-6-12(11)16/h3-8H,9H2,1-2H3,(H,20,21)/b17-8+. The Bertz CT molecular complexity index is 724. The van der Waals surface area contributed by atoms with Crippen molar-refractivity contribution in [2.75, 3.05) is 12.9 Å². The number of nitrogens with zero attached hydrogens (tertiary/aromatic N) is 3. The highest BCUT2D eigenvalue weighted by atomic mass is 32.2. The summed E-state index contributed by atoms with van der Waals surface area (Å²) in [6.45, 7) is 1.56. The molecule has 0 fully saturated rings. The first kappa shape index (κ1) is 16.9. The highest BCUT2D eigenvalue weighted by Gasteiger charge is 2.06. The van der Waals surface area contributed by atoms with Crippen LogP contribution in [0.4, 0.5) is 4.39 Å². The molecule has 1 heterocycles. The van der Waals surface area contributed by atoms with E-state index in [1.54, 1.807) is 24.3 Å². The van der Waals surface area contributed by atoms with Crippen molar-refractivity contribution in [2.24, 2.45) is 5.10 Å². The Morgan fingerprint density at radius 1 is 1.43 bits per heavy atom. The van der Waals surface area contributed by atoms with Gasteiger partial charge in [-0.3, -0.25) is 4.79 Å². The molecule has 2 aromatic rings. The minimum Gasteiger partial charge on any atom is -0.467 e. The largest absolute Gasteiger partial charge is 0.467 e. The summed E-state index contributed by atoms with van der Waals surface area (Å²) in [6.07, 6.45) is 3.08. The van der Waals surface area contributed by atoms with Crippen LogP contribution >= 0.6 is 11.8 Å². The topological polar surface area (TPSA) is 76.5 Å². The number of rotatable bonds is 6. The van der Waals surface area contributed by atoms with Crippen molar-refractivity contribution < 1.29 is 13.9 Å². The maximum atomic E-state index is 13.3. The molecule has 2 rings (SSSR count). The van der Waals surface area contributed by atoms with Crippen LogP contribution in [0, 0.1) is 12.7 Å². The molecule has 0 saturated carbocycles. The van der Waals surface area contributed by atoms with Gasteiger partial charge in [-0.1, -0.05) is 30.0 Å². The third-order valence-electron chi connectivity index (χ3n) is 2.64. The van der Waals surface area contributed by atoms with Gasteiger partial charge in [-0.05, 0) is 19.2 Å². The molecular formula is C15H15FN4O2S. The van der Waals surface area contributed by atoms with Crippen LogP contribution in [0.25, 0.3) is 0 Å². The Kier molecular flexibility index (Phi) is 6.04. The second-order valence-corrected chi connectivity index (χ2v) is 5.21. The van der Waals surface area contributed by atoms with Gasteiger partial charge in [-0.25, -0.2) is 14.8 Å². The lowest BCUT2D eigenvalue weighted by Crippen LogP contribution is -2.25. The molecule has 120 valence electrons. The van der Waals surface area contributed by atoms with Crippen LogP contribution in [0.3, 0.4) is 0 Å². The van der Waals surface area contributed by atoms with Crippen molar-refractivity contribution in [1.29, 1.82) is 0 Å². The average molecular weight is 334 g/mol. The van der Waals surface area contributed by atoms with E-state index in [0.29, 0.717) is 11.0 Å². The molecular weight excluding hydrogens is 319 g/mol. The van der Waals surface area contributed by atoms with Crippen LogP contribution in [0.15, 0.2) is 40.6 Å². The lowest BCUT2D eigenvalue weighted by molar-refractivity contribution is -0.123. The zero-order chi connectivity index (χ0) is 16.7. The molecule has 0 saturated heterocycles. The molecule has 0 aliphatic carbocycles. The van der Waals surface area contributed by atoms with Crippen molar-refractivity contribution in [3.8, 4) is 5.88 Å². The molecule has 0 radical (unpaired) electrons. The van der Waals surface area contributed by atoms with E-state index in [-0.39, 0.29) is 12.2 Å². The van der Waals surface area contributed by atoms with Gasteiger partial charge >= 0.3 is 0 Å². The third kappa shape index (κ3) is 5.33. The summed E-state index contributed by atoms with van der Waals surface area (Å²) in [5.41, 5.74) is 3.29. The maximum absolute atomic E-state index is 13.3. The van der Waals surface area contributed by atoms with E-state index in [1.807, 2.05) is 13.2 Å². The van der Waals surface area contributed by atoms with E-state index >= 15 is 0 Å². The number of aryl methyl sites for hydroxylation is 1. The van der Waals surface area contributed by atoms with E-state index in [2.05, 4.69) is 20.5 Å². The van der Waals surface area contributed by atoms with E-state index in [4.69, 9.17) is 4.74 Å². The van der Waals surface area contributed by atoms with Crippen molar-refractivity contribution in [1.82, 2.24) is 15.4 Å². The van der Waals surface area contributed by atoms with E-state index in [1.165, 1.54) is 24.0 Å². The fourth-order valence-electron chi connectivity index (χ4n) is 1.60. The molecule has 1 amide bonds. The minimum absolute atomic E-state index is 0.251. The number of carbonyl (C=O) groups excluding carboxylic acids is 1. The molecule has 23 heavy (non-hydrogen) atoms. The Labute approximate surface area is 137 Å². The predicted octanol–water partition coefficient (Wildman–Crippen LogP) is 2.18. The van der Waals surface area contributed by atoms with Gasteiger partial charge in [0.1, 0.15) is 5.82 Å². The number of thioether (sulfide) groups is 1. The summed E-state index contributed by atoms with van der Waals surface area (Å²) in [5.74, 6) is -0.572. The van der Waals surface area contributed by atoms with Gasteiger partial charge in [-0.2, -0.15) is 10.1 Å². The van der Waals surface area contributed by atoms with E-state index in [0.717, 1.165) is 5.69 Å². The Balaban J connectivity index is 1.86. The van der Waals surface area contributed by atoms with Crippen LogP contribution in [0.5, 0.6) is 5.88 Å². The monoisotopic (exact) mass is 334 g/mol. The minimum atomic E-state index is -0.473. The summed E-state index contributed by atoms with van der Waals surface area (Å²) < 4.78 is 18.6. The van der Waals surface area contributed by atoms with Crippen LogP contribution in [-0.2, 0) is 4.79 Å². The van der Waals surface area contributed by atoms with Crippen LogP contribution in [-0.4, -0.2) is 35.0 Å². The first-order valence-electron chi connectivity index (χ1n) is 6.67. The number of hydrogen-bond acceptors (Lipinski definition) is 6. The SMILES string of the molecule is CSc1nc(C)cc(OCC(=O)N/N=C/c2ccccc2F)n1. The first-order chi connectivity index (χ1) is 11.1. The highest BCUT2D eigenvalue weighted by molar-refractivity contribution is 7.98. The second-order valence-electron chi connectivity index (χ2n) is 4.44. The molecule has 0 aliphatic heterocycles. The summed E-state index contributed by atoms with van der Waals surface area (Å²) >= 11 is 1.38. The summed E-state index contributed by atoms with van der Waals surface area (Å²) in [5, 5.41) is 4.25. The summed E-state index contributed by atoms with van der Waals surface area (Å²) in [7, 11) is 0. The van der Waals surface area contributed by atoms with Crippen molar-refractivity contribution in [3.05, 3.63) is 47.4 Å². The average Bonchev–Trinajstić information content (AvgIpc) is 2.54. The zero-order valence-corrected chi connectivity index (χ0v) is 13.4. The number of nitrogens with one attached hydrogen (secondary N) is 1. The van der Waals surface area contributed by atoms with Gasteiger partial charge in [0.25, 0.3) is 5.91 Å². The first-order valence-corrected chi connectivity index (χ1v) is 7.90. The molecule has 0 bridgehead atoms. The number of benzene rings is 1. The third-order valence-corrected chi connectivity index (χ3v) is 3.19. The molecule has 0 aliphatic rings. The summed E-state index contributed by atoms with van der Waals surface area (Å²) in [6, 6.07) is 7.75. The number of hydrazone groups is 1. The maximum Gasteiger partial charge on any atom is 0.278 e. The lowest BCUT2D eigenvalue weighted by atomic mass is 10.2. The molecule has 1 aromatic heterocycles. The van der Waals surface area contributed by atoms with Crippen molar-refractivity contribution in [3.63, 3.8) is 0 Å². The number of carbonyl (C=O) groups is 1. The molecule has 0 spiro atoms. The number of hydrogen-bond donors (Lipinski definition) is 1. The van der Waals surface area contributed by atoms with Gasteiger partial charge in [-0.15, -0.1) is 0 Å². The van der Waals surface area contributed by atoms with Gasteiger partial charge in [0.15, 0.2) is 11.8 Å². The van der Waals surface area contributed by atoms with Crippen molar-refractivity contribution in [2.45, 2.75) is 12.1 Å². The fourth-order valence-corrected chi connectivity index (χ4v) is 2.02. The van der Waals surface area contributed by atoms with Crippen LogP contribution in [0.2, 0.25) is 0 Å². The smallest absolute Gasteiger partial charge is 0.278 e. The van der Waals surface area contributed by atoms with E-state index in [9.17, 15) is 9.18 Å². The Hall–Kier alpha value is -2.48. The lowest BCUT2D eigenvalue weighted by Gasteiger charge is -2.06. The van der Waals surface area contributed by atoms with Crippen molar-refractivity contribution >= 4 is 23.9 Å². The normalized spacial score (nSPS) is 10.7. The molecule has 1 aromatic carbocycles. The van der Waals surface area contributed by atoms with Crippen LogP contribution in [0.1, 0.15) is 11.3 Å². The zero-order valence-electron chi connectivity index (χ0n) is 12.6. The molecule has 0 unspecified atom stereocenters. The fraction of sp³-hybridized carbons (Fsp3) is 0.200. The summed E-state index contributed by atoms with van der Waals surface area (Å²) in [4.78, 5) is 19.9. The molecule has 1 N–H and O–H groups in total. The highest BCUT2D eigenvalue weighted by Crippen LogP contribution is 2.15. The number of aromatic nitrogens is 2. The van der Waals surface area contributed by atoms with Gasteiger partial charge < -0.3 is 4.74 Å². The second kappa shape index (κ2) is 8.23.